The van der Waals surface area contributed by atoms with Crippen molar-refractivity contribution in [1.29, 1.82) is 0 Å². The summed E-state index contributed by atoms with van der Waals surface area (Å²) in [5.74, 6) is 0.606. The van der Waals surface area contributed by atoms with Gasteiger partial charge in [-0.25, -0.2) is 0 Å². The van der Waals surface area contributed by atoms with Crippen LogP contribution in [-0.2, 0) is 6.42 Å². The van der Waals surface area contributed by atoms with Gasteiger partial charge in [0, 0.05) is 18.4 Å². The largest absolute Gasteiger partial charge is 0.401 e. The van der Waals surface area contributed by atoms with E-state index in [0.29, 0.717) is 5.92 Å². The Bertz CT molecular complexity index is 435. The lowest BCUT2D eigenvalue weighted by Crippen LogP contribution is -2.10. The second-order valence-electron chi connectivity index (χ2n) is 5.46. The van der Waals surface area contributed by atoms with E-state index >= 15 is 0 Å². The minimum Gasteiger partial charge on any atom is -0.401 e. The van der Waals surface area contributed by atoms with E-state index in [1.807, 2.05) is 6.20 Å². The third-order valence-electron chi connectivity index (χ3n) is 3.99. The first-order valence-corrected chi connectivity index (χ1v) is 7.89. The van der Waals surface area contributed by atoms with E-state index in [0.717, 1.165) is 31.5 Å². The van der Waals surface area contributed by atoms with Crippen molar-refractivity contribution in [2.24, 2.45) is 5.73 Å². The Labute approximate surface area is 124 Å². The molecule has 20 heavy (non-hydrogen) atoms. The second-order valence-corrected chi connectivity index (χ2v) is 5.46. The van der Waals surface area contributed by atoms with Gasteiger partial charge in [0.2, 0.25) is 0 Å². The molecule has 0 heterocycles. The summed E-state index contributed by atoms with van der Waals surface area (Å²) in [5.41, 5.74) is 11.3. The molecular weight excluding hydrogens is 244 g/mol. The normalized spacial score (nSPS) is 13.3. The topological polar surface area (TPSA) is 38.0 Å². The fourth-order valence-electron chi connectivity index (χ4n) is 2.58. The van der Waals surface area contributed by atoms with Gasteiger partial charge < -0.3 is 11.1 Å². The predicted octanol–water partition coefficient (Wildman–Crippen LogP) is 4.24. The number of benzene rings is 1. The number of nitrogens with one attached hydrogen (secondary N) is 1. The number of rotatable bonds is 8. The molecule has 1 unspecified atom stereocenters. The molecule has 0 amide bonds. The van der Waals surface area contributed by atoms with Crippen molar-refractivity contribution in [3.63, 3.8) is 0 Å². The summed E-state index contributed by atoms with van der Waals surface area (Å²) in [6.07, 6.45) is 6.30. The molecule has 0 aliphatic rings. The second kappa shape index (κ2) is 8.68. The lowest BCUT2D eigenvalue weighted by atomic mass is 9.89. The third kappa shape index (κ3) is 4.92. The van der Waals surface area contributed by atoms with Crippen molar-refractivity contribution in [1.82, 2.24) is 5.32 Å². The van der Waals surface area contributed by atoms with Crippen molar-refractivity contribution in [3.8, 4) is 0 Å². The molecule has 0 saturated heterocycles. The fraction of sp³-hybridized carbons (Fsp3) is 0.556. The molecule has 0 saturated carbocycles. The third-order valence-corrected chi connectivity index (χ3v) is 3.99. The van der Waals surface area contributed by atoms with Crippen LogP contribution in [-0.4, -0.2) is 6.54 Å². The molecule has 112 valence electrons. The molecule has 1 aromatic carbocycles. The molecule has 0 spiro atoms. The van der Waals surface area contributed by atoms with E-state index in [1.165, 1.54) is 23.1 Å². The molecule has 0 fully saturated rings. The molecular formula is C18H30N2. The Morgan fingerprint density at radius 1 is 1.30 bits per heavy atom. The van der Waals surface area contributed by atoms with Gasteiger partial charge in [0.05, 0.1) is 0 Å². The molecule has 0 aromatic heterocycles. The molecule has 1 rings (SSSR count). The van der Waals surface area contributed by atoms with Gasteiger partial charge >= 0.3 is 0 Å². The first-order chi connectivity index (χ1) is 9.62. The van der Waals surface area contributed by atoms with Crippen LogP contribution in [0.3, 0.4) is 0 Å². The van der Waals surface area contributed by atoms with E-state index in [9.17, 15) is 0 Å². The molecule has 2 nitrogen and oxygen atoms in total. The quantitative estimate of drug-likeness (QED) is 0.744. The molecule has 1 atom stereocenters. The number of hydrogen-bond acceptors (Lipinski definition) is 2. The monoisotopic (exact) mass is 274 g/mol. The van der Waals surface area contributed by atoms with Gasteiger partial charge in [-0.2, -0.15) is 0 Å². The SMILES string of the molecule is CCN/C=C(\N)CCC(CC)c1ccc(C)c(CC)c1. The van der Waals surface area contributed by atoms with Gasteiger partial charge in [-0.1, -0.05) is 32.0 Å². The molecule has 0 radical (unpaired) electrons. The van der Waals surface area contributed by atoms with Gasteiger partial charge in [0.15, 0.2) is 0 Å². The summed E-state index contributed by atoms with van der Waals surface area (Å²) in [5, 5.41) is 3.17. The zero-order valence-electron chi connectivity index (χ0n) is 13.5. The number of allylic oxidation sites excluding steroid dienone is 1. The zero-order chi connectivity index (χ0) is 15.0. The Balaban J connectivity index is 2.71. The highest BCUT2D eigenvalue weighted by molar-refractivity contribution is 5.33. The van der Waals surface area contributed by atoms with Crippen LogP contribution < -0.4 is 11.1 Å². The number of aryl methyl sites for hydroxylation is 2. The summed E-state index contributed by atoms with van der Waals surface area (Å²) >= 11 is 0. The fourth-order valence-corrected chi connectivity index (χ4v) is 2.58. The van der Waals surface area contributed by atoms with Crippen molar-refractivity contribution >= 4 is 0 Å². The molecule has 0 aliphatic carbocycles. The highest BCUT2D eigenvalue weighted by Crippen LogP contribution is 2.27. The summed E-state index contributed by atoms with van der Waals surface area (Å²) in [6, 6.07) is 6.93. The van der Waals surface area contributed by atoms with Crippen molar-refractivity contribution in [3.05, 3.63) is 46.8 Å². The molecule has 2 heteroatoms. The lowest BCUT2D eigenvalue weighted by Gasteiger charge is -2.17. The van der Waals surface area contributed by atoms with Crippen LogP contribution in [0.4, 0.5) is 0 Å². The summed E-state index contributed by atoms with van der Waals surface area (Å²) in [6.45, 7) is 9.69. The van der Waals surface area contributed by atoms with Crippen LogP contribution in [0.25, 0.3) is 0 Å². The van der Waals surface area contributed by atoms with Crippen LogP contribution in [0, 0.1) is 6.92 Å². The molecule has 0 aliphatic heterocycles. The van der Waals surface area contributed by atoms with Crippen molar-refractivity contribution in [2.45, 2.75) is 59.3 Å². The van der Waals surface area contributed by atoms with Gasteiger partial charge in [0.1, 0.15) is 0 Å². The maximum atomic E-state index is 6.02. The van der Waals surface area contributed by atoms with Crippen molar-refractivity contribution in [2.75, 3.05) is 6.54 Å². The van der Waals surface area contributed by atoms with Gasteiger partial charge in [0.25, 0.3) is 0 Å². The van der Waals surface area contributed by atoms with Gasteiger partial charge in [-0.3, -0.25) is 0 Å². The average molecular weight is 274 g/mol. The van der Waals surface area contributed by atoms with Gasteiger partial charge in [-0.05, 0) is 62.1 Å². The van der Waals surface area contributed by atoms with Gasteiger partial charge in [-0.15, -0.1) is 0 Å². The first-order valence-electron chi connectivity index (χ1n) is 7.89. The smallest absolute Gasteiger partial charge is 0.0240 e. The Kier molecular flexibility index (Phi) is 7.21. The Morgan fingerprint density at radius 2 is 2.05 bits per heavy atom. The van der Waals surface area contributed by atoms with E-state index in [1.54, 1.807) is 0 Å². The lowest BCUT2D eigenvalue weighted by molar-refractivity contribution is 0.599. The van der Waals surface area contributed by atoms with Crippen LogP contribution in [0.1, 0.15) is 62.6 Å². The van der Waals surface area contributed by atoms with E-state index in [-0.39, 0.29) is 0 Å². The Morgan fingerprint density at radius 3 is 2.65 bits per heavy atom. The average Bonchev–Trinajstić information content (AvgIpc) is 2.47. The standard InChI is InChI=1S/C18H30N2/c1-5-15(10-11-18(19)13-20-7-3)17-9-8-14(4)16(6-2)12-17/h8-9,12-13,15,20H,5-7,10-11,19H2,1-4H3/b18-13-. The van der Waals surface area contributed by atoms with Crippen LogP contribution in [0.5, 0.6) is 0 Å². The maximum absolute atomic E-state index is 6.02. The minimum absolute atomic E-state index is 0.606. The first kappa shape index (κ1) is 16.6. The summed E-state index contributed by atoms with van der Waals surface area (Å²) < 4.78 is 0. The van der Waals surface area contributed by atoms with Crippen molar-refractivity contribution < 1.29 is 0 Å². The van der Waals surface area contributed by atoms with E-state index < -0.39 is 0 Å². The summed E-state index contributed by atoms with van der Waals surface area (Å²) in [4.78, 5) is 0. The van der Waals surface area contributed by atoms with Crippen LogP contribution in [0.15, 0.2) is 30.1 Å². The Hall–Kier alpha value is -1.44. The zero-order valence-corrected chi connectivity index (χ0v) is 13.5. The molecule has 0 bridgehead atoms. The molecule has 1 aromatic rings. The maximum Gasteiger partial charge on any atom is 0.0240 e. The predicted molar refractivity (Wildman–Crippen MR) is 88.8 cm³/mol. The molecule has 3 N–H and O–H groups in total. The minimum atomic E-state index is 0.606. The highest BCUT2D eigenvalue weighted by Gasteiger charge is 2.11. The van der Waals surface area contributed by atoms with Crippen LogP contribution >= 0.6 is 0 Å². The van der Waals surface area contributed by atoms with E-state index in [4.69, 9.17) is 5.73 Å². The summed E-state index contributed by atoms with van der Waals surface area (Å²) in [7, 11) is 0. The van der Waals surface area contributed by atoms with Crippen LogP contribution in [0.2, 0.25) is 0 Å². The van der Waals surface area contributed by atoms with E-state index in [2.05, 4.69) is 51.2 Å². The number of hydrogen-bond donors (Lipinski definition) is 2. The highest BCUT2D eigenvalue weighted by atomic mass is 14.8. The number of nitrogens with two attached hydrogens (primary N) is 1.